The second-order valence-electron chi connectivity index (χ2n) is 4.37. The van der Waals surface area contributed by atoms with E-state index in [1.54, 1.807) is 6.07 Å². The molecule has 2 rings (SSSR count). The van der Waals surface area contributed by atoms with E-state index in [9.17, 15) is 4.39 Å². The van der Waals surface area contributed by atoms with E-state index < -0.39 is 0 Å². The van der Waals surface area contributed by atoms with Crippen LogP contribution in [0.25, 0.3) is 0 Å². The lowest BCUT2D eigenvalue weighted by atomic mass is 9.97. The Kier molecular flexibility index (Phi) is 4.50. The van der Waals surface area contributed by atoms with Crippen molar-refractivity contribution in [3.05, 3.63) is 33.5 Å². The number of hydrogen-bond acceptors (Lipinski definition) is 2. The maximum Gasteiger partial charge on any atom is 0.128 e. The van der Waals surface area contributed by atoms with Gasteiger partial charge in [0.2, 0.25) is 0 Å². The van der Waals surface area contributed by atoms with E-state index in [0.717, 1.165) is 34.3 Å². The maximum absolute atomic E-state index is 14.0. The van der Waals surface area contributed by atoms with Gasteiger partial charge < -0.3 is 5.32 Å². The molecule has 2 atom stereocenters. The summed E-state index contributed by atoms with van der Waals surface area (Å²) in [5.74, 6) is 0.808. The summed E-state index contributed by atoms with van der Waals surface area (Å²) in [5.41, 5.74) is 1.97. The van der Waals surface area contributed by atoms with Crippen molar-refractivity contribution < 1.29 is 4.39 Å². The normalized spacial score (nSPS) is 23.5. The Morgan fingerprint density at radius 3 is 3.00 bits per heavy atom. The van der Waals surface area contributed by atoms with Crippen molar-refractivity contribution in [2.24, 2.45) is 0 Å². The van der Waals surface area contributed by atoms with Crippen LogP contribution in [0, 0.1) is 5.82 Å². The highest BCUT2D eigenvalue weighted by atomic mass is 79.9. The average molecular weight is 318 g/mol. The third-order valence-electron chi connectivity index (χ3n) is 3.13. The molecule has 0 bridgehead atoms. The Balaban J connectivity index is 2.39. The van der Waals surface area contributed by atoms with Crippen LogP contribution in [-0.2, 0) is 5.75 Å². The van der Waals surface area contributed by atoms with E-state index in [0.29, 0.717) is 5.25 Å². The first-order valence-corrected chi connectivity index (χ1v) is 7.81. The summed E-state index contributed by atoms with van der Waals surface area (Å²) in [4.78, 5) is 0. The van der Waals surface area contributed by atoms with Gasteiger partial charge in [-0.15, -0.1) is 0 Å². The fourth-order valence-electron chi connectivity index (χ4n) is 2.21. The number of halogens is 2. The van der Waals surface area contributed by atoms with E-state index in [1.165, 1.54) is 0 Å². The van der Waals surface area contributed by atoms with Gasteiger partial charge in [-0.1, -0.05) is 29.8 Å². The van der Waals surface area contributed by atoms with Gasteiger partial charge in [0.25, 0.3) is 0 Å². The zero-order chi connectivity index (χ0) is 12.4. The molecule has 4 heteroatoms. The number of rotatable bonds is 3. The standard InChI is InChI=1S/C13H17BrFNS/c1-3-6-16-13-8(2)17-7-9-10(14)4-5-11(15)12(9)13/h4-5,8,13,16H,3,6-7H2,1-2H3. The van der Waals surface area contributed by atoms with Crippen LogP contribution in [-0.4, -0.2) is 11.8 Å². The number of thioether (sulfide) groups is 1. The summed E-state index contributed by atoms with van der Waals surface area (Å²) in [5, 5.41) is 3.88. The molecule has 0 amide bonds. The predicted octanol–water partition coefficient (Wildman–Crippen LogP) is 4.26. The second-order valence-corrected chi connectivity index (χ2v) is 6.59. The van der Waals surface area contributed by atoms with E-state index in [4.69, 9.17) is 0 Å². The molecule has 1 N–H and O–H groups in total. The number of fused-ring (bicyclic) bond motifs is 1. The smallest absolute Gasteiger partial charge is 0.128 e. The SMILES string of the molecule is CCCNC1c2c(F)ccc(Br)c2CSC1C. The summed E-state index contributed by atoms with van der Waals surface area (Å²) in [6.07, 6.45) is 1.07. The Labute approximate surface area is 115 Å². The molecule has 94 valence electrons. The number of hydrogen-bond donors (Lipinski definition) is 1. The Hall–Kier alpha value is -0.0600. The minimum Gasteiger partial charge on any atom is -0.309 e. The average Bonchev–Trinajstić information content (AvgIpc) is 2.32. The molecule has 0 aliphatic carbocycles. The molecule has 0 radical (unpaired) electrons. The zero-order valence-electron chi connectivity index (χ0n) is 10.1. The molecule has 1 aliphatic heterocycles. The molecule has 2 unspecified atom stereocenters. The molecule has 0 saturated carbocycles. The lowest BCUT2D eigenvalue weighted by Gasteiger charge is -2.32. The van der Waals surface area contributed by atoms with E-state index >= 15 is 0 Å². The number of nitrogens with one attached hydrogen (secondary N) is 1. The summed E-state index contributed by atoms with van der Waals surface area (Å²) in [6.45, 7) is 5.23. The van der Waals surface area contributed by atoms with Crippen molar-refractivity contribution in [2.45, 2.75) is 37.3 Å². The molecule has 1 aliphatic rings. The van der Waals surface area contributed by atoms with Gasteiger partial charge in [0.05, 0.1) is 0 Å². The highest BCUT2D eigenvalue weighted by Gasteiger charge is 2.30. The zero-order valence-corrected chi connectivity index (χ0v) is 12.5. The molecule has 0 aromatic heterocycles. The molecule has 0 spiro atoms. The molecule has 1 heterocycles. The van der Waals surface area contributed by atoms with Crippen molar-refractivity contribution in [1.82, 2.24) is 5.32 Å². The molecule has 0 fully saturated rings. The van der Waals surface area contributed by atoms with Gasteiger partial charge in [0.15, 0.2) is 0 Å². The molecule has 0 saturated heterocycles. The van der Waals surface area contributed by atoms with Crippen LogP contribution >= 0.6 is 27.7 Å². The lowest BCUT2D eigenvalue weighted by molar-refractivity contribution is 0.488. The molecule has 17 heavy (non-hydrogen) atoms. The van der Waals surface area contributed by atoms with Gasteiger partial charge in [-0.3, -0.25) is 0 Å². The highest BCUT2D eigenvalue weighted by molar-refractivity contribution is 9.10. The predicted molar refractivity (Wildman–Crippen MR) is 75.9 cm³/mol. The van der Waals surface area contributed by atoms with Crippen LogP contribution in [0.5, 0.6) is 0 Å². The molecular formula is C13H17BrFNS. The van der Waals surface area contributed by atoms with Crippen molar-refractivity contribution in [3.8, 4) is 0 Å². The van der Waals surface area contributed by atoms with Gasteiger partial charge in [-0.25, -0.2) is 4.39 Å². The molecular weight excluding hydrogens is 301 g/mol. The van der Waals surface area contributed by atoms with Crippen molar-refractivity contribution in [2.75, 3.05) is 6.54 Å². The van der Waals surface area contributed by atoms with Crippen LogP contribution in [0.2, 0.25) is 0 Å². The maximum atomic E-state index is 14.0. The Bertz CT molecular complexity index is 411. The van der Waals surface area contributed by atoms with Crippen LogP contribution < -0.4 is 5.32 Å². The van der Waals surface area contributed by atoms with Gasteiger partial charge in [0.1, 0.15) is 5.82 Å². The first kappa shape index (κ1) is 13.4. The fraction of sp³-hybridized carbons (Fsp3) is 0.538. The van der Waals surface area contributed by atoms with Gasteiger partial charge in [-0.2, -0.15) is 11.8 Å². The first-order valence-electron chi connectivity index (χ1n) is 5.97. The molecule has 1 nitrogen and oxygen atoms in total. The van der Waals surface area contributed by atoms with Crippen LogP contribution in [0.3, 0.4) is 0 Å². The minimum absolute atomic E-state index is 0.0797. The Morgan fingerprint density at radius 1 is 1.53 bits per heavy atom. The van der Waals surface area contributed by atoms with Crippen LogP contribution in [0.15, 0.2) is 16.6 Å². The van der Waals surface area contributed by atoms with Crippen LogP contribution in [0.1, 0.15) is 37.4 Å². The summed E-state index contributed by atoms with van der Waals surface area (Å²) < 4.78 is 15.1. The quantitative estimate of drug-likeness (QED) is 0.893. The van der Waals surface area contributed by atoms with Crippen molar-refractivity contribution in [3.63, 3.8) is 0 Å². The monoisotopic (exact) mass is 317 g/mol. The van der Waals surface area contributed by atoms with Crippen molar-refractivity contribution >= 4 is 27.7 Å². The van der Waals surface area contributed by atoms with Gasteiger partial charge in [0, 0.05) is 27.1 Å². The molecule has 1 aromatic rings. The third-order valence-corrected chi connectivity index (χ3v) is 5.13. The van der Waals surface area contributed by atoms with E-state index in [1.807, 2.05) is 17.8 Å². The largest absolute Gasteiger partial charge is 0.309 e. The number of benzene rings is 1. The van der Waals surface area contributed by atoms with Crippen LogP contribution in [0.4, 0.5) is 4.39 Å². The van der Waals surface area contributed by atoms with Crippen molar-refractivity contribution in [1.29, 1.82) is 0 Å². The summed E-state index contributed by atoms with van der Waals surface area (Å²) in [7, 11) is 0. The van der Waals surface area contributed by atoms with E-state index in [2.05, 4.69) is 35.1 Å². The highest BCUT2D eigenvalue weighted by Crippen LogP contribution is 2.41. The second kappa shape index (κ2) is 5.72. The summed E-state index contributed by atoms with van der Waals surface area (Å²) in [6, 6.07) is 3.50. The first-order chi connectivity index (χ1) is 8.15. The molecule has 1 aromatic carbocycles. The Morgan fingerprint density at radius 2 is 2.29 bits per heavy atom. The lowest BCUT2D eigenvalue weighted by Crippen LogP contribution is -2.33. The van der Waals surface area contributed by atoms with Gasteiger partial charge in [-0.05, 0) is 30.7 Å². The topological polar surface area (TPSA) is 12.0 Å². The van der Waals surface area contributed by atoms with E-state index in [-0.39, 0.29) is 11.9 Å². The fourth-order valence-corrected chi connectivity index (χ4v) is 4.04. The van der Waals surface area contributed by atoms with Gasteiger partial charge >= 0.3 is 0 Å². The summed E-state index contributed by atoms with van der Waals surface area (Å²) >= 11 is 5.41. The third kappa shape index (κ3) is 2.69. The minimum atomic E-state index is -0.0797.